The molecule has 0 spiro atoms. The highest BCUT2D eigenvalue weighted by atomic mass is 16.1. The van der Waals surface area contributed by atoms with Crippen LogP contribution in [-0.2, 0) is 4.79 Å². The Morgan fingerprint density at radius 3 is 1.83 bits per heavy atom. The SMILES string of the molecule is CC(=O)C1CC(C)C(C)C(C)C1. The van der Waals surface area contributed by atoms with Crippen molar-refractivity contribution in [2.24, 2.45) is 23.7 Å². The molecule has 0 radical (unpaired) electrons. The molecule has 2 unspecified atom stereocenters. The number of hydrogen-bond acceptors (Lipinski definition) is 1. The van der Waals surface area contributed by atoms with E-state index in [0.717, 1.165) is 30.6 Å². The molecule has 0 aliphatic heterocycles. The Bertz CT molecular complexity index is 162. The zero-order valence-corrected chi connectivity index (χ0v) is 8.63. The summed E-state index contributed by atoms with van der Waals surface area (Å²) in [4.78, 5) is 11.2. The minimum atomic E-state index is 0.353. The molecule has 0 bridgehead atoms. The van der Waals surface area contributed by atoms with E-state index < -0.39 is 0 Å². The van der Waals surface area contributed by atoms with E-state index in [2.05, 4.69) is 20.8 Å². The highest BCUT2D eigenvalue weighted by molar-refractivity contribution is 5.78. The second-order valence-electron chi connectivity index (χ2n) is 4.59. The van der Waals surface area contributed by atoms with Crippen molar-refractivity contribution in [3.05, 3.63) is 0 Å². The van der Waals surface area contributed by atoms with Gasteiger partial charge in [-0.2, -0.15) is 0 Å². The van der Waals surface area contributed by atoms with Crippen LogP contribution < -0.4 is 0 Å². The normalized spacial score (nSPS) is 42.7. The zero-order chi connectivity index (χ0) is 9.30. The first-order chi connectivity index (χ1) is 5.52. The molecule has 1 aliphatic rings. The summed E-state index contributed by atoms with van der Waals surface area (Å²) in [7, 11) is 0. The van der Waals surface area contributed by atoms with Gasteiger partial charge >= 0.3 is 0 Å². The second kappa shape index (κ2) is 3.59. The molecule has 1 fully saturated rings. The van der Waals surface area contributed by atoms with Gasteiger partial charge in [0, 0.05) is 5.92 Å². The predicted octanol–water partition coefficient (Wildman–Crippen LogP) is 2.89. The minimum Gasteiger partial charge on any atom is -0.300 e. The Balaban J connectivity index is 2.59. The van der Waals surface area contributed by atoms with Crippen LogP contribution in [0.2, 0.25) is 0 Å². The molecule has 1 nitrogen and oxygen atoms in total. The first-order valence-corrected chi connectivity index (χ1v) is 5.02. The lowest BCUT2D eigenvalue weighted by molar-refractivity contribution is -0.123. The van der Waals surface area contributed by atoms with Crippen LogP contribution in [0.15, 0.2) is 0 Å². The number of ketones is 1. The second-order valence-corrected chi connectivity index (χ2v) is 4.59. The molecule has 70 valence electrons. The quantitative estimate of drug-likeness (QED) is 0.588. The fourth-order valence-electron chi connectivity index (χ4n) is 2.32. The van der Waals surface area contributed by atoms with Gasteiger partial charge in [0.05, 0.1) is 0 Å². The maximum absolute atomic E-state index is 11.2. The van der Waals surface area contributed by atoms with E-state index in [0.29, 0.717) is 11.7 Å². The van der Waals surface area contributed by atoms with Gasteiger partial charge < -0.3 is 0 Å². The number of Topliss-reactive ketones (excluding diaryl/α,β-unsaturated/α-hetero) is 1. The third-order valence-electron chi connectivity index (χ3n) is 3.68. The van der Waals surface area contributed by atoms with E-state index in [1.807, 2.05) is 0 Å². The van der Waals surface area contributed by atoms with Crippen molar-refractivity contribution in [1.29, 1.82) is 0 Å². The van der Waals surface area contributed by atoms with Gasteiger partial charge in [-0.05, 0) is 37.5 Å². The van der Waals surface area contributed by atoms with Crippen LogP contribution in [0.1, 0.15) is 40.5 Å². The molecule has 1 heteroatoms. The molecule has 0 N–H and O–H groups in total. The van der Waals surface area contributed by atoms with Gasteiger partial charge in [-0.1, -0.05) is 20.8 Å². The maximum atomic E-state index is 11.2. The summed E-state index contributed by atoms with van der Waals surface area (Å²) in [5, 5.41) is 0. The molecule has 1 aliphatic carbocycles. The van der Waals surface area contributed by atoms with Gasteiger partial charge in [0.15, 0.2) is 0 Å². The molecular weight excluding hydrogens is 148 g/mol. The summed E-state index contributed by atoms with van der Waals surface area (Å²) in [6, 6.07) is 0. The van der Waals surface area contributed by atoms with E-state index in [4.69, 9.17) is 0 Å². The van der Waals surface area contributed by atoms with Gasteiger partial charge in [0.1, 0.15) is 5.78 Å². The summed E-state index contributed by atoms with van der Waals surface area (Å²) < 4.78 is 0. The highest BCUT2D eigenvalue weighted by Crippen LogP contribution is 2.37. The van der Waals surface area contributed by atoms with Crippen molar-refractivity contribution in [1.82, 2.24) is 0 Å². The first kappa shape index (κ1) is 9.76. The van der Waals surface area contributed by atoms with E-state index in [1.165, 1.54) is 0 Å². The standard InChI is InChI=1S/C11H20O/c1-7-5-11(10(4)12)6-8(2)9(7)3/h7-9,11H,5-6H2,1-4H3. The fraction of sp³-hybridized carbons (Fsp3) is 0.909. The van der Waals surface area contributed by atoms with E-state index in [9.17, 15) is 4.79 Å². The summed E-state index contributed by atoms with van der Waals surface area (Å²) in [6.45, 7) is 8.60. The number of rotatable bonds is 1. The fourth-order valence-corrected chi connectivity index (χ4v) is 2.32. The van der Waals surface area contributed by atoms with Crippen LogP contribution in [0, 0.1) is 23.7 Å². The molecule has 0 aromatic rings. The molecule has 0 heterocycles. The van der Waals surface area contributed by atoms with E-state index >= 15 is 0 Å². The summed E-state index contributed by atoms with van der Waals surface area (Å²) >= 11 is 0. The molecule has 1 rings (SSSR count). The van der Waals surface area contributed by atoms with Crippen molar-refractivity contribution in [2.45, 2.75) is 40.5 Å². The van der Waals surface area contributed by atoms with Crippen LogP contribution in [0.4, 0.5) is 0 Å². The van der Waals surface area contributed by atoms with Crippen LogP contribution in [-0.4, -0.2) is 5.78 Å². The van der Waals surface area contributed by atoms with Crippen molar-refractivity contribution in [3.63, 3.8) is 0 Å². The van der Waals surface area contributed by atoms with Crippen molar-refractivity contribution >= 4 is 5.78 Å². The van der Waals surface area contributed by atoms with Crippen molar-refractivity contribution in [2.75, 3.05) is 0 Å². The average molecular weight is 168 g/mol. The highest BCUT2D eigenvalue weighted by Gasteiger charge is 2.31. The smallest absolute Gasteiger partial charge is 0.132 e. The molecule has 2 atom stereocenters. The zero-order valence-electron chi connectivity index (χ0n) is 8.63. The van der Waals surface area contributed by atoms with Gasteiger partial charge in [0.25, 0.3) is 0 Å². The third-order valence-corrected chi connectivity index (χ3v) is 3.68. The van der Waals surface area contributed by atoms with Crippen molar-refractivity contribution in [3.8, 4) is 0 Å². The van der Waals surface area contributed by atoms with Crippen LogP contribution >= 0.6 is 0 Å². The topological polar surface area (TPSA) is 17.1 Å². The van der Waals surface area contributed by atoms with Gasteiger partial charge in [0.2, 0.25) is 0 Å². The lowest BCUT2D eigenvalue weighted by atomic mass is 9.69. The summed E-state index contributed by atoms with van der Waals surface area (Å²) in [6.07, 6.45) is 2.22. The number of carbonyl (C=O) groups is 1. The third kappa shape index (κ3) is 1.88. The van der Waals surface area contributed by atoms with E-state index in [1.54, 1.807) is 6.92 Å². The monoisotopic (exact) mass is 168 g/mol. The molecule has 0 saturated heterocycles. The summed E-state index contributed by atoms with van der Waals surface area (Å²) in [5.41, 5.74) is 0. The minimum absolute atomic E-state index is 0.353. The number of carbonyl (C=O) groups excluding carboxylic acids is 1. The lowest BCUT2D eigenvalue weighted by Crippen LogP contribution is -2.30. The Kier molecular flexibility index (Phi) is 2.92. The Labute approximate surface area is 75.5 Å². The van der Waals surface area contributed by atoms with Crippen LogP contribution in [0.5, 0.6) is 0 Å². The lowest BCUT2D eigenvalue weighted by Gasteiger charge is -2.36. The van der Waals surface area contributed by atoms with Crippen LogP contribution in [0.25, 0.3) is 0 Å². The summed E-state index contributed by atoms with van der Waals surface area (Å²) in [5.74, 6) is 2.98. The molecular formula is C11H20O. The largest absolute Gasteiger partial charge is 0.300 e. The molecule has 1 saturated carbocycles. The van der Waals surface area contributed by atoms with E-state index in [-0.39, 0.29) is 0 Å². The maximum Gasteiger partial charge on any atom is 0.132 e. The van der Waals surface area contributed by atoms with Gasteiger partial charge in [-0.3, -0.25) is 4.79 Å². The van der Waals surface area contributed by atoms with Crippen LogP contribution in [0.3, 0.4) is 0 Å². The molecule has 0 aromatic carbocycles. The Morgan fingerprint density at radius 1 is 1.08 bits per heavy atom. The first-order valence-electron chi connectivity index (χ1n) is 5.02. The van der Waals surface area contributed by atoms with Crippen molar-refractivity contribution < 1.29 is 4.79 Å². The Hall–Kier alpha value is -0.330. The molecule has 0 amide bonds. The van der Waals surface area contributed by atoms with Gasteiger partial charge in [-0.25, -0.2) is 0 Å². The molecule has 12 heavy (non-hydrogen) atoms. The Morgan fingerprint density at radius 2 is 1.50 bits per heavy atom. The number of hydrogen-bond donors (Lipinski definition) is 0. The van der Waals surface area contributed by atoms with Gasteiger partial charge in [-0.15, -0.1) is 0 Å². The molecule has 0 aromatic heterocycles. The average Bonchev–Trinajstić information content (AvgIpc) is 1.99. The predicted molar refractivity (Wildman–Crippen MR) is 50.9 cm³/mol.